The first-order valence-corrected chi connectivity index (χ1v) is 8.91. The maximum absolute atomic E-state index is 12.5. The number of methoxy groups -OCH3 is 1. The largest absolute Gasteiger partial charge is 0.504 e. The van der Waals surface area contributed by atoms with Crippen molar-refractivity contribution in [3.63, 3.8) is 0 Å². The van der Waals surface area contributed by atoms with Crippen LogP contribution in [0.2, 0.25) is 0 Å². The number of oxazole rings is 1. The fourth-order valence-electron chi connectivity index (χ4n) is 4.05. The smallest absolute Gasteiger partial charge is 0.226 e. The predicted molar refractivity (Wildman–Crippen MR) is 102 cm³/mol. The molecule has 2 bridgehead atoms. The lowest BCUT2D eigenvalue weighted by molar-refractivity contribution is -0.125. The molecule has 1 saturated carbocycles. The molecule has 1 saturated heterocycles. The Morgan fingerprint density at radius 1 is 1.44 bits per heavy atom. The van der Waals surface area contributed by atoms with Gasteiger partial charge >= 0.3 is 0 Å². The van der Waals surface area contributed by atoms with Gasteiger partial charge in [-0.3, -0.25) is 4.79 Å². The van der Waals surface area contributed by atoms with Crippen molar-refractivity contribution in [3.8, 4) is 23.0 Å². The van der Waals surface area contributed by atoms with E-state index in [2.05, 4.69) is 15.6 Å². The Balaban J connectivity index is 0.00000210. The number of hydrogen-bond donors (Lipinski definition) is 3. The number of carbonyl (C=O) groups is 1. The number of nitrogens with zero attached hydrogens (tertiary/aromatic N) is 1. The number of carbonyl (C=O) groups excluding carboxylic acids is 1. The first kappa shape index (κ1) is 19.5. The fraction of sp³-hybridized carbons (Fsp3) is 0.474. The van der Waals surface area contributed by atoms with Gasteiger partial charge in [-0.2, -0.15) is 0 Å². The lowest BCUT2D eigenvalue weighted by Gasteiger charge is -2.14. The van der Waals surface area contributed by atoms with E-state index in [4.69, 9.17) is 9.15 Å². The average Bonchev–Trinajstić information content (AvgIpc) is 3.34. The summed E-state index contributed by atoms with van der Waals surface area (Å²) in [6.07, 6.45) is 2.21. The molecular formula is C19H24ClN3O4. The van der Waals surface area contributed by atoms with Crippen molar-refractivity contribution in [1.82, 2.24) is 15.6 Å². The molecular weight excluding hydrogens is 370 g/mol. The number of ether oxygens (including phenoxy) is 1. The number of amides is 1. The highest BCUT2D eigenvalue weighted by molar-refractivity contribution is 5.85. The Kier molecular flexibility index (Phi) is 5.62. The molecule has 0 radical (unpaired) electrons. The topological polar surface area (TPSA) is 96.6 Å². The second-order valence-electron chi connectivity index (χ2n) is 7.00. The molecule has 7 nitrogen and oxygen atoms in total. The van der Waals surface area contributed by atoms with Gasteiger partial charge in [0.15, 0.2) is 11.5 Å². The minimum atomic E-state index is 0. The van der Waals surface area contributed by atoms with Gasteiger partial charge in [0.1, 0.15) is 11.5 Å². The third-order valence-electron chi connectivity index (χ3n) is 5.48. The number of phenolic OH excluding ortho intramolecular Hbond substituents is 1. The zero-order chi connectivity index (χ0) is 18.3. The van der Waals surface area contributed by atoms with E-state index in [1.165, 1.54) is 13.2 Å². The zero-order valence-corrected chi connectivity index (χ0v) is 16.1. The van der Waals surface area contributed by atoms with Gasteiger partial charge in [-0.25, -0.2) is 4.98 Å². The van der Waals surface area contributed by atoms with Crippen molar-refractivity contribution in [2.45, 2.75) is 32.4 Å². The number of fused-ring (bicyclic) bond motifs is 2. The minimum absolute atomic E-state index is 0. The standard InChI is InChI=1S/C19H23N3O4.ClH/c1-10-14(9-21-18(24)17-12-3-5-13(17)20-8-12)22-19(26-10)11-4-6-15(23)16(7-11)25-2;/h4,6-7,12-13,17,20,23H,3,5,8-9H2,1-2H3,(H,21,24);1H/t12-,13-,17+;/m0./s1. The predicted octanol–water partition coefficient (Wildman–Crippen LogP) is 2.40. The Morgan fingerprint density at radius 3 is 2.89 bits per heavy atom. The molecule has 2 aromatic rings. The maximum atomic E-state index is 12.5. The van der Waals surface area contributed by atoms with Crippen molar-refractivity contribution < 1.29 is 19.1 Å². The molecule has 3 atom stereocenters. The van der Waals surface area contributed by atoms with Crippen LogP contribution in [0.4, 0.5) is 0 Å². The number of benzene rings is 1. The van der Waals surface area contributed by atoms with Crippen LogP contribution >= 0.6 is 12.4 Å². The maximum Gasteiger partial charge on any atom is 0.226 e. The van der Waals surface area contributed by atoms with Gasteiger partial charge in [-0.15, -0.1) is 12.4 Å². The second kappa shape index (κ2) is 7.78. The van der Waals surface area contributed by atoms with E-state index in [0.717, 1.165) is 19.4 Å². The molecule has 1 aliphatic heterocycles. The molecule has 4 rings (SSSR count). The van der Waals surface area contributed by atoms with E-state index in [-0.39, 0.29) is 30.0 Å². The van der Waals surface area contributed by atoms with E-state index >= 15 is 0 Å². The van der Waals surface area contributed by atoms with Gasteiger partial charge in [0.25, 0.3) is 0 Å². The minimum Gasteiger partial charge on any atom is -0.504 e. The first-order valence-electron chi connectivity index (χ1n) is 8.91. The lowest BCUT2D eigenvalue weighted by Crippen LogP contribution is -2.36. The molecule has 1 amide bonds. The fourth-order valence-corrected chi connectivity index (χ4v) is 4.05. The van der Waals surface area contributed by atoms with E-state index in [1.54, 1.807) is 12.1 Å². The van der Waals surface area contributed by atoms with Crippen molar-refractivity contribution in [3.05, 3.63) is 29.7 Å². The van der Waals surface area contributed by atoms with Crippen LogP contribution in [0.15, 0.2) is 22.6 Å². The van der Waals surface area contributed by atoms with Crippen LogP contribution in [0.1, 0.15) is 24.3 Å². The number of aromatic nitrogens is 1. The third-order valence-corrected chi connectivity index (χ3v) is 5.48. The van der Waals surface area contributed by atoms with Crippen LogP contribution in [0.5, 0.6) is 11.5 Å². The van der Waals surface area contributed by atoms with Crippen molar-refractivity contribution in [1.29, 1.82) is 0 Å². The zero-order valence-electron chi connectivity index (χ0n) is 15.3. The molecule has 2 fully saturated rings. The molecule has 2 heterocycles. The number of nitrogens with one attached hydrogen (secondary N) is 2. The van der Waals surface area contributed by atoms with Gasteiger partial charge in [-0.05, 0) is 50.4 Å². The van der Waals surface area contributed by atoms with Gasteiger partial charge < -0.3 is 24.9 Å². The summed E-state index contributed by atoms with van der Waals surface area (Å²) in [5.41, 5.74) is 1.41. The first-order chi connectivity index (χ1) is 12.6. The van der Waals surface area contributed by atoms with Crippen LogP contribution in [-0.4, -0.2) is 35.7 Å². The van der Waals surface area contributed by atoms with E-state index < -0.39 is 0 Å². The van der Waals surface area contributed by atoms with E-state index in [1.807, 2.05) is 6.92 Å². The molecule has 2 aliphatic rings. The number of aromatic hydroxyl groups is 1. The molecule has 0 unspecified atom stereocenters. The summed E-state index contributed by atoms with van der Waals surface area (Å²) in [5, 5.41) is 16.1. The summed E-state index contributed by atoms with van der Waals surface area (Å²) in [6.45, 7) is 3.12. The number of halogens is 1. The molecule has 1 aromatic carbocycles. The lowest BCUT2D eigenvalue weighted by atomic mass is 9.97. The highest BCUT2D eigenvalue weighted by Crippen LogP contribution is 2.37. The summed E-state index contributed by atoms with van der Waals surface area (Å²) >= 11 is 0. The number of piperidine rings is 1. The van der Waals surface area contributed by atoms with Crippen LogP contribution in [0.3, 0.4) is 0 Å². The average molecular weight is 394 g/mol. The summed E-state index contributed by atoms with van der Waals surface area (Å²) in [4.78, 5) is 17.0. The van der Waals surface area contributed by atoms with Crippen molar-refractivity contribution >= 4 is 18.3 Å². The Hall–Kier alpha value is -2.25. The van der Waals surface area contributed by atoms with Gasteiger partial charge in [0.05, 0.1) is 19.6 Å². The van der Waals surface area contributed by atoms with Gasteiger partial charge in [0.2, 0.25) is 11.8 Å². The Bertz CT molecular complexity index is 818. The van der Waals surface area contributed by atoms with Crippen molar-refractivity contribution in [2.75, 3.05) is 13.7 Å². The SMILES string of the molecule is COc1cc(-c2nc(CNC(=O)[C@@H]3[C@H]4CC[C@@H]3NC4)c(C)o2)ccc1O.Cl. The van der Waals surface area contributed by atoms with E-state index in [9.17, 15) is 9.90 Å². The quantitative estimate of drug-likeness (QED) is 0.721. The molecule has 146 valence electrons. The summed E-state index contributed by atoms with van der Waals surface area (Å²) < 4.78 is 10.9. The monoisotopic (exact) mass is 393 g/mol. The number of rotatable bonds is 5. The molecule has 3 N–H and O–H groups in total. The van der Waals surface area contributed by atoms with Crippen LogP contribution in [-0.2, 0) is 11.3 Å². The third kappa shape index (κ3) is 3.61. The Morgan fingerprint density at radius 2 is 2.26 bits per heavy atom. The second-order valence-corrected chi connectivity index (χ2v) is 7.00. The molecule has 1 aromatic heterocycles. The van der Waals surface area contributed by atoms with Crippen LogP contribution < -0.4 is 15.4 Å². The number of aryl methyl sites for hydroxylation is 1. The molecule has 27 heavy (non-hydrogen) atoms. The molecule has 0 spiro atoms. The van der Waals surface area contributed by atoms with Gasteiger partial charge in [0, 0.05) is 11.6 Å². The van der Waals surface area contributed by atoms with Crippen LogP contribution in [0, 0.1) is 18.8 Å². The molecule has 8 heteroatoms. The molecule has 1 aliphatic carbocycles. The van der Waals surface area contributed by atoms with Gasteiger partial charge in [-0.1, -0.05) is 0 Å². The number of phenols is 1. The summed E-state index contributed by atoms with van der Waals surface area (Å²) in [6, 6.07) is 5.24. The normalized spacial score (nSPS) is 23.1. The van der Waals surface area contributed by atoms with Crippen LogP contribution in [0.25, 0.3) is 11.5 Å². The summed E-state index contributed by atoms with van der Waals surface area (Å²) in [7, 11) is 1.49. The number of hydrogen-bond acceptors (Lipinski definition) is 6. The highest BCUT2D eigenvalue weighted by Gasteiger charge is 2.45. The van der Waals surface area contributed by atoms with Crippen molar-refractivity contribution in [2.24, 2.45) is 11.8 Å². The Labute approximate surface area is 163 Å². The summed E-state index contributed by atoms with van der Waals surface area (Å²) in [5.74, 6) is 2.15. The van der Waals surface area contributed by atoms with E-state index in [0.29, 0.717) is 47.2 Å². The highest BCUT2D eigenvalue weighted by atomic mass is 35.5.